The van der Waals surface area contributed by atoms with Gasteiger partial charge in [0.15, 0.2) is 0 Å². The normalized spacial score (nSPS) is 21.9. The van der Waals surface area contributed by atoms with E-state index in [1.165, 1.54) is 12.1 Å². The quantitative estimate of drug-likeness (QED) is 0.367. The summed E-state index contributed by atoms with van der Waals surface area (Å²) in [5.74, 6) is -2.64. The number of methoxy groups -OCH3 is 1. The number of aromatic nitrogens is 1. The molecule has 14 heteroatoms. The third-order valence-electron chi connectivity index (χ3n) is 6.36. The minimum Gasteiger partial charge on any atom is -0.480 e. The van der Waals surface area contributed by atoms with Crippen molar-refractivity contribution in [1.29, 1.82) is 0 Å². The number of nitrogens with one attached hydrogen (secondary N) is 1. The van der Waals surface area contributed by atoms with Crippen LogP contribution in [0.25, 0.3) is 10.6 Å². The standard InChI is InChI=1S/C23H24F3N3O6S2/c1-29(10-11-34-2)14-21(15-6-4-3-5-7-15)13-22(21,20(30)31)28-37(32,33)19-9-8-17(36-19)16-12-18(35-27-16)23(24,25)26/h3-9,12,28H,10-11,13-14H2,1-2H3,(H,30,31). The van der Waals surface area contributed by atoms with Crippen molar-refractivity contribution in [2.45, 2.75) is 27.8 Å². The monoisotopic (exact) mass is 559 g/mol. The first-order valence-electron chi connectivity index (χ1n) is 11.0. The van der Waals surface area contributed by atoms with E-state index in [2.05, 4.69) is 14.4 Å². The zero-order valence-electron chi connectivity index (χ0n) is 19.8. The number of carbonyl (C=O) groups is 1. The van der Waals surface area contributed by atoms with E-state index in [1.54, 1.807) is 44.5 Å². The van der Waals surface area contributed by atoms with E-state index in [0.29, 0.717) is 36.1 Å². The fraction of sp³-hybridized carbons (Fsp3) is 0.391. The summed E-state index contributed by atoms with van der Waals surface area (Å²) in [4.78, 5) is 14.6. The lowest BCUT2D eigenvalue weighted by Crippen LogP contribution is -2.51. The molecule has 4 rings (SSSR count). The van der Waals surface area contributed by atoms with Crippen LogP contribution in [0.1, 0.15) is 17.7 Å². The second kappa shape index (κ2) is 9.83. The predicted octanol–water partition coefficient (Wildman–Crippen LogP) is 3.44. The fourth-order valence-corrected chi connectivity index (χ4v) is 7.13. The van der Waals surface area contributed by atoms with Gasteiger partial charge in [-0.2, -0.15) is 17.9 Å². The summed E-state index contributed by atoms with van der Waals surface area (Å²) in [5.41, 5.74) is -2.42. The highest BCUT2D eigenvalue weighted by Gasteiger charge is 2.75. The van der Waals surface area contributed by atoms with Crippen LogP contribution in [0.5, 0.6) is 0 Å². The summed E-state index contributed by atoms with van der Waals surface area (Å²) in [7, 11) is -1.04. The van der Waals surface area contributed by atoms with Crippen LogP contribution in [0.4, 0.5) is 13.2 Å². The average Bonchev–Trinajstić information content (AvgIpc) is 3.24. The smallest absolute Gasteiger partial charge is 0.452 e. The van der Waals surface area contributed by atoms with Gasteiger partial charge < -0.3 is 19.3 Å². The molecule has 2 aromatic heterocycles. The molecule has 1 aliphatic rings. The first-order valence-corrected chi connectivity index (χ1v) is 13.3. The number of carboxylic acid groups (broad SMARTS) is 1. The molecule has 3 aromatic rings. The minimum atomic E-state index is -4.74. The number of benzene rings is 1. The molecular formula is C23H24F3N3O6S2. The number of thiophene rings is 1. The van der Waals surface area contributed by atoms with Gasteiger partial charge in [0.05, 0.1) is 11.5 Å². The Hall–Kier alpha value is -2.78. The Morgan fingerprint density at radius 3 is 2.57 bits per heavy atom. The highest BCUT2D eigenvalue weighted by atomic mass is 32.2. The Morgan fingerprint density at radius 2 is 1.97 bits per heavy atom. The number of carboxylic acids is 1. The maximum absolute atomic E-state index is 13.4. The Balaban J connectivity index is 1.65. The number of alkyl halides is 3. The summed E-state index contributed by atoms with van der Waals surface area (Å²) in [6.07, 6.45) is -4.73. The fourth-order valence-electron chi connectivity index (χ4n) is 4.45. The number of nitrogens with zero attached hydrogens (tertiary/aromatic N) is 2. The Bertz CT molecular complexity index is 1380. The summed E-state index contributed by atoms with van der Waals surface area (Å²) in [5, 5.41) is 13.6. The number of likely N-dealkylation sites (N-methyl/N-ethyl adjacent to an activating group) is 1. The molecule has 1 aromatic carbocycles. The molecule has 0 amide bonds. The third kappa shape index (κ3) is 5.16. The Morgan fingerprint density at radius 1 is 1.27 bits per heavy atom. The van der Waals surface area contributed by atoms with Crippen molar-refractivity contribution in [3.05, 3.63) is 59.9 Å². The lowest BCUT2D eigenvalue weighted by molar-refractivity contribution is -0.155. The van der Waals surface area contributed by atoms with Gasteiger partial charge in [0.1, 0.15) is 15.4 Å². The second-order valence-corrected chi connectivity index (χ2v) is 11.9. The van der Waals surface area contributed by atoms with Crippen molar-refractivity contribution in [3.63, 3.8) is 0 Å². The minimum absolute atomic E-state index is 0.00631. The van der Waals surface area contributed by atoms with Crippen LogP contribution < -0.4 is 4.72 Å². The maximum atomic E-state index is 13.4. The van der Waals surface area contributed by atoms with Gasteiger partial charge in [-0.15, -0.1) is 11.3 Å². The van der Waals surface area contributed by atoms with Crippen LogP contribution in [-0.4, -0.2) is 68.9 Å². The topological polar surface area (TPSA) is 122 Å². The number of hydrogen-bond donors (Lipinski definition) is 2. The van der Waals surface area contributed by atoms with E-state index in [0.717, 1.165) is 0 Å². The first-order chi connectivity index (χ1) is 17.3. The SMILES string of the molecule is COCCN(C)CC1(c2ccccc2)CC1(NS(=O)(=O)c1ccc(-c2cc(C(F)(F)F)on2)s1)C(=O)O. The van der Waals surface area contributed by atoms with Gasteiger partial charge in [0.2, 0.25) is 5.76 Å². The van der Waals surface area contributed by atoms with E-state index in [1.807, 2.05) is 4.90 Å². The summed E-state index contributed by atoms with van der Waals surface area (Å²) in [6.45, 7) is 1.15. The van der Waals surface area contributed by atoms with Crippen molar-refractivity contribution >= 4 is 27.3 Å². The lowest BCUT2D eigenvalue weighted by atomic mass is 9.90. The van der Waals surface area contributed by atoms with Crippen LogP contribution in [-0.2, 0) is 31.1 Å². The van der Waals surface area contributed by atoms with Gasteiger partial charge in [-0.1, -0.05) is 35.5 Å². The molecular weight excluding hydrogens is 535 g/mol. The number of ether oxygens (including phenoxy) is 1. The molecule has 2 atom stereocenters. The molecule has 2 N–H and O–H groups in total. The molecule has 200 valence electrons. The highest BCUT2D eigenvalue weighted by Crippen LogP contribution is 2.59. The lowest BCUT2D eigenvalue weighted by Gasteiger charge is -2.29. The predicted molar refractivity (Wildman–Crippen MR) is 128 cm³/mol. The van der Waals surface area contributed by atoms with E-state index in [9.17, 15) is 31.5 Å². The van der Waals surface area contributed by atoms with Crippen LogP contribution >= 0.6 is 11.3 Å². The zero-order chi connectivity index (χ0) is 27.1. The number of sulfonamides is 1. The van der Waals surface area contributed by atoms with Crippen molar-refractivity contribution in [2.75, 3.05) is 33.9 Å². The van der Waals surface area contributed by atoms with Gasteiger partial charge in [-0.25, -0.2) is 8.42 Å². The molecule has 0 bridgehead atoms. The van der Waals surface area contributed by atoms with Gasteiger partial charge >= 0.3 is 12.1 Å². The van der Waals surface area contributed by atoms with Gasteiger partial charge in [0, 0.05) is 31.7 Å². The molecule has 2 heterocycles. The number of hydrogen-bond acceptors (Lipinski definition) is 8. The third-order valence-corrected chi connectivity index (χ3v) is 9.46. The Kier molecular flexibility index (Phi) is 7.25. The van der Waals surface area contributed by atoms with E-state index >= 15 is 0 Å². The van der Waals surface area contributed by atoms with Gasteiger partial charge in [-0.3, -0.25) is 4.79 Å². The van der Waals surface area contributed by atoms with Crippen LogP contribution in [0, 0.1) is 0 Å². The molecule has 1 fully saturated rings. The molecule has 0 radical (unpaired) electrons. The summed E-state index contributed by atoms with van der Waals surface area (Å²) in [6, 6.07) is 12.0. The summed E-state index contributed by atoms with van der Waals surface area (Å²) >= 11 is 0.658. The molecule has 37 heavy (non-hydrogen) atoms. The van der Waals surface area contributed by atoms with Gasteiger partial charge in [0.25, 0.3) is 10.0 Å². The largest absolute Gasteiger partial charge is 0.480 e. The van der Waals surface area contributed by atoms with Crippen molar-refractivity contribution in [3.8, 4) is 10.6 Å². The molecule has 1 saturated carbocycles. The highest BCUT2D eigenvalue weighted by molar-refractivity contribution is 7.91. The molecule has 9 nitrogen and oxygen atoms in total. The maximum Gasteiger partial charge on any atom is 0.452 e. The molecule has 0 aliphatic heterocycles. The van der Waals surface area contributed by atoms with Crippen LogP contribution in [0.3, 0.4) is 0 Å². The number of aliphatic carboxylic acids is 1. The molecule has 2 unspecified atom stereocenters. The second-order valence-electron chi connectivity index (χ2n) is 8.86. The van der Waals surface area contributed by atoms with E-state index in [-0.39, 0.29) is 27.7 Å². The van der Waals surface area contributed by atoms with Crippen molar-refractivity contribution < 1.29 is 40.8 Å². The van der Waals surface area contributed by atoms with Crippen LogP contribution in [0.15, 0.2) is 57.3 Å². The first kappa shape index (κ1) is 27.3. The molecule has 0 saturated heterocycles. The van der Waals surface area contributed by atoms with E-state index < -0.39 is 38.9 Å². The van der Waals surface area contributed by atoms with Gasteiger partial charge in [-0.05, 0) is 31.2 Å². The van der Waals surface area contributed by atoms with Crippen molar-refractivity contribution in [1.82, 2.24) is 14.8 Å². The zero-order valence-corrected chi connectivity index (χ0v) is 21.4. The summed E-state index contributed by atoms with van der Waals surface area (Å²) < 4.78 is 76.8. The average molecular weight is 560 g/mol. The Labute approximate surface area is 214 Å². The molecule has 1 aliphatic carbocycles. The number of rotatable bonds is 11. The van der Waals surface area contributed by atoms with Crippen molar-refractivity contribution in [2.24, 2.45) is 0 Å². The van der Waals surface area contributed by atoms with E-state index in [4.69, 9.17) is 4.74 Å². The number of halogens is 3. The molecule has 0 spiro atoms. The van der Waals surface area contributed by atoms with Crippen LogP contribution in [0.2, 0.25) is 0 Å².